The SMILES string of the molecule is O=C(COC1CC(CC(F)(F)F)C1)NC1(CCNC(=O)c2ccc3cc(C(F)(F)F)ccc3n2)CCC1. The second kappa shape index (κ2) is 10.5. The lowest BCUT2D eigenvalue weighted by Gasteiger charge is -2.43. The molecule has 1 aromatic carbocycles. The summed E-state index contributed by atoms with van der Waals surface area (Å²) in [7, 11) is 0. The van der Waals surface area contributed by atoms with Crippen LogP contribution >= 0.6 is 0 Å². The van der Waals surface area contributed by atoms with E-state index in [9.17, 15) is 35.9 Å². The Balaban J connectivity index is 1.21. The Morgan fingerprint density at radius 2 is 1.78 bits per heavy atom. The monoisotopic (exact) mass is 531 g/mol. The minimum atomic E-state index is -4.47. The molecule has 2 amide bonds. The van der Waals surface area contributed by atoms with Gasteiger partial charge in [-0.3, -0.25) is 9.59 Å². The van der Waals surface area contributed by atoms with Crippen molar-refractivity contribution in [2.75, 3.05) is 13.2 Å². The van der Waals surface area contributed by atoms with E-state index in [0.717, 1.165) is 31.4 Å². The molecule has 2 N–H and O–H groups in total. The normalized spacial score (nSPS) is 21.1. The van der Waals surface area contributed by atoms with Crippen LogP contribution in [-0.2, 0) is 15.7 Å². The molecule has 202 valence electrons. The molecule has 1 heterocycles. The van der Waals surface area contributed by atoms with E-state index in [1.54, 1.807) is 0 Å². The number of benzene rings is 1. The third kappa shape index (κ3) is 7.12. The average Bonchev–Trinajstić information content (AvgIpc) is 2.76. The van der Waals surface area contributed by atoms with E-state index < -0.39 is 41.7 Å². The Hall–Kier alpha value is -2.89. The summed E-state index contributed by atoms with van der Waals surface area (Å²) in [5, 5.41) is 5.93. The standard InChI is InChI=1S/C25H27F6N3O3/c26-24(27,28)13-15-10-18(11-15)37-14-21(35)34-23(6-1-7-23)8-9-32-22(36)20-4-2-16-12-17(25(29,30)31)3-5-19(16)33-20/h2-5,12,15,18H,1,6-11,13-14H2,(H,32,36)(H,34,35). The van der Waals surface area contributed by atoms with Gasteiger partial charge in [0.25, 0.3) is 5.91 Å². The van der Waals surface area contributed by atoms with E-state index in [0.29, 0.717) is 6.42 Å². The predicted molar refractivity (Wildman–Crippen MR) is 122 cm³/mol. The minimum Gasteiger partial charge on any atom is -0.368 e. The van der Waals surface area contributed by atoms with Crippen molar-refractivity contribution in [2.45, 2.75) is 68.9 Å². The second-order valence-corrected chi connectivity index (χ2v) is 9.88. The highest BCUT2D eigenvalue weighted by molar-refractivity contribution is 5.95. The Morgan fingerprint density at radius 1 is 1.05 bits per heavy atom. The fraction of sp³-hybridized carbons (Fsp3) is 0.560. The number of alkyl halides is 6. The van der Waals surface area contributed by atoms with Gasteiger partial charge in [-0.1, -0.05) is 6.07 Å². The van der Waals surface area contributed by atoms with E-state index in [1.165, 1.54) is 18.2 Å². The van der Waals surface area contributed by atoms with Crippen molar-refractivity contribution in [3.05, 3.63) is 41.6 Å². The first-order valence-electron chi connectivity index (χ1n) is 12.1. The third-order valence-electron chi connectivity index (χ3n) is 7.02. The highest BCUT2D eigenvalue weighted by Crippen LogP contribution is 2.39. The lowest BCUT2D eigenvalue weighted by atomic mass is 9.74. The van der Waals surface area contributed by atoms with Gasteiger partial charge in [0.15, 0.2) is 0 Å². The molecule has 0 saturated heterocycles. The second-order valence-electron chi connectivity index (χ2n) is 9.88. The maximum absolute atomic E-state index is 12.9. The zero-order valence-corrected chi connectivity index (χ0v) is 19.8. The van der Waals surface area contributed by atoms with Crippen LogP contribution in [0.1, 0.15) is 61.0 Å². The number of nitrogens with zero attached hydrogens (tertiary/aromatic N) is 1. The number of fused-ring (bicyclic) bond motifs is 1. The zero-order valence-electron chi connectivity index (χ0n) is 19.8. The molecule has 0 aliphatic heterocycles. The van der Waals surface area contributed by atoms with E-state index in [1.807, 2.05) is 0 Å². The molecule has 4 rings (SSSR count). The van der Waals surface area contributed by atoms with Gasteiger partial charge in [-0.05, 0) is 68.7 Å². The van der Waals surface area contributed by atoms with E-state index >= 15 is 0 Å². The molecule has 6 nitrogen and oxygen atoms in total. The highest BCUT2D eigenvalue weighted by atomic mass is 19.4. The van der Waals surface area contributed by atoms with Gasteiger partial charge in [0.1, 0.15) is 12.3 Å². The fourth-order valence-electron chi connectivity index (χ4n) is 4.81. The van der Waals surface area contributed by atoms with Crippen LogP contribution in [0.3, 0.4) is 0 Å². The third-order valence-corrected chi connectivity index (χ3v) is 7.02. The van der Waals surface area contributed by atoms with Crippen LogP contribution in [0.4, 0.5) is 26.3 Å². The minimum absolute atomic E-state index is 0.0664. The smallest absolute Gasteiger partial charge is 0.368 e. The van der Waals surface area contributed by atoms with Crippen molar-refractivity contribution in [3.63, 3.8) is 0 Å². The summed E-state index contributed by atoms with van der Waals surface area (Å²) in [5.41, 5.74) is -0.955. The molecule has 2 aliphatic rings. The number of halogens is 6. The van der Waals surface area contributed by atoms with Crippen molar-refractivity contribution in [1.29, 1.82) is 0 Å². The van der Waals surface area contributed by atoms with Gasteiger partial charge in [-0.15, -0.1) is 0 Å². The molecule has 0 radical (unpaired) electrons. The Bertz CT molecular complexity index is 1140. The molecule has 0 atom stereocenters. The Morgan fingerprint density at radius 3 is 2.41 bits per heavy atom. The largest absolute Gasteiger partial charge is 0.416 e. The Labute approximate surface area is 209 Å². The van der Waals surface area contributed by atoms with Crippen LogP contribution in [0, 0.1) is 5.92 Å². The molecule has 2 aliphatic carbocycles. The van der Waals surface area contributed by atoms with Crippen molar-refractivity contribution in [2.24, 2.45) is 5.92 Å². The summed E-state index contributed by atoms with van der Waals surface area (Å²) in [5.74, 6) is -1.28. The van der Waals surface area contributed by atoms with Crippen LogP contribution in [-0.4, -0.2) is 47.8 Å². The molecule has 2 aromatic rings. The molecule has 2 fully saturated rings. The molecule has 0 unspecified atom stereocenters. The number of carbonyl (C=O) groups excluding carboxylic acids is 2. The number of hydrogen-bond acceptors (Lipinski definition) is 4. The molecule has 2 saturated carbocycles. The molecule has 0 bridgehead atoms. The number of nitrogens with one attached hydrogen (secondary N) is 2. The maximum Gasteiger partial charge on any atom is 0.416 e. The number of pyridine rings is 1. The van der Waals surface area contributed by atoms with Crippen LogP contribution < -0.4 is 10.6 Å². The van der Waals surface area contributed by atoms with Gasteiger partial charge in [-0.2, -0.15) is 26.3 Å². The number of amides is 2. The molecule has 37 heavy (non-hydrogen) atoms. The molecule has 0 spiro atoms. The first-order valence-corrected chi connectivity index (χ1v) is 12.1. The summed E-state index contributed by atoms with van der Waals surface area (Å²) >= 11 is 0. The molecule has 12 heteroatoms. The molecule has 1 aromatic heterocycles. The van der Waals surface area contributed by atoms with Gasteiger partial charge in [-0.25, -0.2) is 4.98 Å². The number of hydrogen-bond donors (Lipinski definition) is 2. The van der Waals surface area contributed by atoms with E-state index in [-0.39, 0.29) is 54.6 Å². The van der Waals surface area contributed by atoms with Crippen molar-refractivity contribution in [1.82, 2.24) is 15.6 Å². The molecular weight excluding hydrogens is 504 g/mol. The van der Waals surface area contributed by atoms with Crippen molar-refractivity contribution >= 4 is 22.7 Å². The van der Waals surface area contributed by atoms with Crippen LogP contribution in [0.15, 0.2) is 30.3 Å². The quantitative estimate of drug-likeness (QED) is 0.438. The summed E-state index contributed by atoms with van der Waals surface area (Å²) < 4.78 is 81.3. The van der Waals surface area contributed by atoms with Crippen LogP contribution in [0.5, 0.6) is 0 Å². The summed E-state index contributed by atoms with van der Waals surface area (Å²) in [6.07, 6.45) is -6.45. The average molecular weight is 531 g/mol. The summed E-state index contributed by atoms with van der Waals surface area (Å²) in [6, 6.07) is 5.87. The van der Waals surface area contributed by atoms with Gasteiger partial charge < -0.3 is 15.4 Å². The summed E-state index contributed by atoms with van der Waals surface area (Å²) in [6.45, 7) is 0.0169. The fourth-order valence-corrected chi connectivity index (χ4v) is 4.81. The summed E-state index contributed by atoms with van der Waals surface area (Å²) in [4.78, 5) is 29.0. The van der Waals surface area contributed by atoms with Crippen molar-refractivity contribution < 1.29 is 40.7 Å². The van der Waals surface area contributed by atoms with Gasteiger partial charge in [0.2, 0.25) is 5.91 Å². The topological polar surface area (TPSA) is 80.3 Å². The zero-order chi connectivity index (χ0) is 26.8. The first kappa shape index (κ1) is 27.2. The van der Waals surface area contributed by atoms with Gasteiger partial charge in [0.05, 0.1) is 17.2 Å². The van der Waals surface area contributed by atoms with Gasteiger partial charge in [0, 0.05) is 23.9 Å². The van der Waals surface area contributed by atoms with Crippen LogP contribution in [0.2, 0.25) is 0 Å². The molecular formula is C25H27F6N3O3. The lowest BCUT2D eigenvalue weighted by molar-refractivity contribution is -0.164. The van der Waals surface area contributed by atoms with Crippen LogP contribution in [0.25, 0.3) is 10.9 Å². The van der Waals surface area contributed by atoms with E-state index in [4.69, 9.17) is 4.74 Å². The lowest BCUT2D eigenvalue weighted by Crippen LogP contribution is -2.56. The van der Waals surface area contributed by atoms with Crippen molar-refractivity contribution in [3.8, 4) is 0 Å². The van der Waals surface area contributed by atoms with E-state index in [2.05, 4.69) is 15.6 Å². The predicted octanol–water partition coefficient (Wildman–Crippen LogP) is 5.16. The Kier molecular flexibility index (Phi) is 7.68. The first-order chi connectivity index (χ1) is 17.3. The number of carbonyl (C=O) groups is 2. The number of aromatic nitrogens is 1. The highest BCUT2D eigenvalue weighted by Gasteiger charge is 2.41. The maximum atomic E-state index is 12.9. The number of ether oxygens (including phenoxy) is 1. The number of rotatable bonds is 9. The van der Waals surface area contributed by atoms with Gasteiger partial charge >= 0.3 is 12.4 Å².